The fraction of sp³-hybridized carbons (Fsp3) is 0.0714. The smallest absolute Gasteiger partial charge is 0.146 e. The lowest BCUT2D eigenvalue weighted by atomic mass is 10.1. The average Bonchev–Trinajstić information content (AvgIpc) is 2.34. The zero-order valence-corrected chi connectivity index (χ0v) is 12.4. The Kier molecular flexibility index (Phi) is 4.30. The number of ether oxygens (including phenoxy) is 1. The highest BCUT2D eigenvalue weighted by Crippen LogP contribution is 2.34. The molecule has 2 aromatic carbocycles. The van der Waals surface area contributed by atoms with Crippen molar-refractivity contribution < 1.29 is 4.74 Å². The topological polar surface area (TPSA) is 35.2 Å². The van der Waals surface area contributed by atoms with Crippen molar-refractivity contribution >= 4 is 40.4 Å². The summed E-state index contributed by atoms with van der Waals surface area (Å²) in [6.07, 6.45) is 0. The number of para-hydroxylation sites is 1. The Morgan fingerprint density at radius 2 is 1.95 bits per heavy atom. The van der Waals surface area contributed by atoms with E-state index in [1.165, 1.54) is 0 Å². The third-order valence-electron chi connectivity index (χ3n) is 2.58. The summed E-state index contributed by atoms with van der Waals surface area (Å²) in [7, 11) is 0. The SMILES string of the molecule is Cc1cccc(C(N)=S)c1Oc1ccc(Cl)cc1Cl. The Labute approximate surface area is 127 Å². The minimum absolute atomic E-state index is 0.281. The number of rotatable bonds is 3. The van der Waals surface area contributed by atoms with Gasteiger partial charge >= 0.3 is 0 Å². The molecule has 0 atom stereocenters. The van der Waals surface area contributed by atoms with Gasteiger partial charge in [0.25, 0.3) is 0 Å². The molecule has 98 valence electrons. The summed E-state index contributed by atoms with van der Waals surface area (Å²) < 4.78 is 5.83. The molecule has 2 nitrogen and oxygen atoms in total. The molecule has 0 aliphatic carbocycles. The van der Waals surface area contributed by atoms with Gasteiger partial charge in [-0.15, -0.1) is 0 Å². The predicted octanol–water partition coefficient (Wildman–Crippen LogP) is 4.73. The van der Waals surface area contributed by atoms with Crippen LogP contribution >= 0.6 is 35.4 Å². The molecule has 0 radical (unpaired) electrons. The summed E-state index contributed by atoms with van der Waals surface area (Å²) in [4.78, 5) is 0.281. The van der Waals surface area contributed by atoms with Crippen LogP contribution in [0.4, 0.5) is 0 Å². The number of aryl methyl sites for hydroxylation is 1. The van der Waals surface area contributed by atoms with E-state index < -0.39 is 0 Å². The van der Waals surface area contributed by atoms with E-state index in [0.717, 1.165) is 5.56 Å². The molecule has 0 saturated heterocycles. The maximum absolute atomic E-state index is 6.09. The van der Waals surface area contributed by atoms with Crippen molar-refractivity contribution in [1.82, 2.24) is 0 Å². The number of hydrogen-bond donors (Lipinski definition) is 1. The molecule has 0 aliphatic heterocycles. The number of halogens is 2. The first kappa shape index (κ1) is 14.1. The van der Waals surface area contributed by atoms with E-state index in [4.69, 9.17) is 45.9 Å². The molecule has 19 heavy (non-hydrogen) atoms. The third kappa shape index (κ3) is 3.18. The molecule has 2 N–H and O–H groups in total. The van der Waals surface area contributed by atoms with E-state index in [1.54, 1.807) is 18.2 Å². The van der Waals surface area contributed by atoms with E-state index in [0.29, 0.717) is 27.1 Å². The summed E-state index contributed by atoms with van der Waals surface area (Å²) in [5.41, 5.74) is 7.31. The van der Waals surface area contributed by atoms with Crippen molar-refractivity contribution in [2.24, 2.45) is 5.73 Å². The largest absolute Gasteiger partial charge is 0.455 e. The first-order valence-corrected chi connectivity index (χ1v) is 6.68. The normalized spacial score (nSPS) is 10.3. The molecular weight excluding hydrogens is 301 g/mol. The monoisotopic (exact) mass is 311 g/mol. The fourth-order valence-electron chi connectivity index (χ4n) is 1.65. The minimum atomic E-state index is 0.281. The van der Waals surface area contributed by atoms with Gasteiger partial charge in [-0.2, -0.15) is 0 Å². The van der Waals surface area contributed by atoms with Gasteiger partial charge in [0.15, 0.2) is 0 Å². The Morgan fingerprint density at radius 3 is 2.58 bits per heavy atom. The second-order valence-electron chi connectivity index (χ2n) is 3.99. The van der Waals surface area contributed by atoms with Gasteiger partial charge in [-0.3, -0.25) is 0 Å². The van der Waals surface area contributed by atoms with Crippen LogP contribution in [0.3, 0.4) is 0 Å². The van der Waals surface area contributed by atoms with Crippen LogP contribution in [0, 0.1) is 6.92 Å². The predicted molar refractivity (Wildman–Crippen MR) is 83.6 cm³/mol. The molecule has 0 saturated carbocycles. The molecule has 0 fully saturated rings. The van der Waals surface area contributed by atoms with Gasteiger partial charge in [0.2, 0.25) is 0 Å². The summed E-state index contributed by atoms with van der Waals surface area (Å²) in [6, 6.07) is 10.6. The van der Waals surface area contributed by atoms with E-state index in [2.05, 4.69) is 0 Å². The molecule has 0 spiro atoms. The molecule has 0 bridgehead atoms. The van der Waals surface area contributed by atoms with Crippen LogP contribution in [0.25, 0.3) is 0 Å². The van der Waals surface area contributed by atoms with E-state index >= 15 is 0 Å². The average molecular weight is 312 g/mol. The van der Waals surface area contributed by atoms with Gasteiger partial charge in [0, 0.05) is 5.02 Å². The summed E-state index contributed by atoms with van der Waals surface area (Å²) >= 11 is 17.0. The van der Waals surface area contributed by atoms with Gasteiger partial charge in [-0.1, -0.05) is 47.6 Å². The zero-order chi connectivity index (χ0) is 14.0. The van der Waals surface area contributed by atoms with Crippen LogP contribution < -0.4 is 10.5 Å². The van der Waals surface area contributed by atoms with Crippen LogP contribution in [0.5, 0.6) is 11.5 Å². The fourth-order valence-corrected chi connectivity index (χ4v) is 2.26. The molecule has 2 aromatic rings. The lowest BCUT2D eigenvalue weighted by Gasteiger charge is -2.14. The van der Waals surface area contributed by atoms with Crippen molar-refractivity contribution in [3.05, 3.63) is 57.6 Å². The Bertz CT molecular complexity index is 643. The summed E-state index contributed by atoms with van der Waals surface area (Å²) in [6.45, 7) is 1.92. The van der Waals surface area contributed by atoms with Crippen molar-refractivity contribution in [2.45, 2.75) is 6.92 Å². The molecule has 0 amide bonds. The van der Waals surface area contributed by atoms with Crippen LogP contribution in [0.15, 0.2) is 36.4 Å². The Hall–Kier alpha value is -1.29. The standard InChI is InChI=1S/C14H11Cl2NOS/c1-8-3-2-4-10(14(17)19)13(8)18-12-6-5-9(15)7-11(12)16/h2-7H,1H3,(H2,17,19). The van der Waals surface area contributed by atoms with E-state index in [9.17, 15) is 0 Å². The maximum Gasteiger partial charge on any atom is 0.146 e. The highest BCUT2D eigenvalue weighted by molar-refractivity contribution is 7.80. The molecule has 0 aromatic heterocycles. The Balaban J connectivity index is 2.46. The molecule has 0 heterocycles. The summed E-state index contributed by atoms with van der Waals surface area (Å²) in [5.74, 6) is 1.12. The van der Waals surface area contributed by atoms with Gasteiger partial charge in [-0.05, 0) is 36.8 Å². The van der Waals surface area contributed by atoms with E-state index in [1.807, 2.05) is 25.1 Å². The van der Waals surface area contributed by atoms with Crippen molar-refractivity contribution in [1.29, 1.82) is 0 Å². The zero-order valence-electron chi connectivity index (χ0n) is 10.1. The van der Waals surface area contributed by atoms with Gasteiger partial charge < -0.3 is 10.5 Å². The van der Waals surface area contributed by atoms with Crippen LogP contribution in [0.1, 0.15) is 11.1 Å². The lowest BCUT2D eigenvalue weighted by molar-refractivity contribution is 0.478. The van der Waals surface area contributed by atoms with Crippen LogP contribution in [-0.4, -0.2) is 4.99 Å². The van der Waals surface area contributed by atoms with Crippen molar-refractivity contribution in [3.8, 4) is 11.5 Å². The second-order valence-corrected chi connectivity index (χ2v) is 5.28. The number of hydrogen-bond acceptors (Lipinski definition) is 2. The summed E-state index contributed by atoms with van der Waals surface area (Å²) in [5, 5.41) is 0.987. The van der Waals surface area contributed by atoms with Crippen LogP contribution in [-0.2, 0) is 0 Å². The van der Waals surface area contributed by atoms with Gasteiger partial charge in [0.05, 0.1) is 10.6 Å². The number of nitrogens with two attached hydrogens (primary N) is 1. The highest BCUT2D eigenvalue weighted by Gasteiger charge is 2.12. The first-order chi connectivity index (χ1) is 8.99. The number of benzene rings is 2. The van der Waals surface area contributed by atoms with Gasteiger partial charge in [-0.25, -0.2) is 0 Å². The van der Waals surface area contributed by atoms with Gasteiger partial charge in [0.1, 0.15) is 16.5 Å². The van der Waals surface area contributed by atoms with E-state index in [-0.39, 0.29) is 4.99 Å². The second kappa shape index (κ2) is 5.78. The highest BCUT2D eigenvalue weighted by atomic mass is 35.5. The third-order valence-corrected chi connectivity index (χ3v) is 3.33. The Morgan fingerprint density at radius 1 is 1.21 bits per heavy atom. The number of thiocarbonyl (C=S) groups is 1. The van der Waals surface area contributed by atoms with Crippen molar-refractivity contribution in [3.63, 3.8) is 0 Å². The van der Waals surface area contributed by atoms with Crippen LogP contribution in [0.2, 0.25) is 10.0 Å². The molecule has 5 heteroatoms. The lowest BCUT2D eigenvalue weighted by Crippen LogP contribution is -2.11. The maximum atomic E-state index is 6.09. The molecule has 0 aliphatic rings. The quantitative estimate of drug-likeness (QED) is 0.832. The molecule has 0 unspecified atom stereocenters. The first-order valence-electron chi connectivity index (χ1n) is 5.51. The van der Waals surface area contributed by atoms with Crippen molar-refractivity contribution in [2.75, 3.05) is 0 Å². The minimum Gasteiger partial charge on any atom is -0.455 e. The molecular formula is C14H11Cl2NOS. The molecule has 2 rings (SSSR count).